The Hall–Kier alpha value is -2.73. The van der Waals surface area contributed by atoms with Crippen LogP contribution >= 0.6 is 0 Å². The monoisotopic (exact) mass is 356 g/mol. The van der Waals surface area contributed by atoms with Gasteiger partial charge in [0.2, 0.25) is 0 Å². The van der Waals surface area contributed by atoms with Gasteiger partial charge in [-0.1, -0.05) is 30.3 Å². The van der Waals surface area contributed by atoms with Crippen LogP contribution in [0.15, 0.2) is 54.6 Å². The topological polar surface area (TPSA) is 62.2 Å². The van der Waals surface area contributed by atoms with Crippen LogP contribution in [0.5, 0.6) is 11.5 Å². The van der Waals surface area contributed by atoms with Crippen molar-refractivity contribution in [3.8, 4) is 11.5 Å². The Labute approximate surface area is 153 Å². The second-order valence-electron chi connectivity index (χ2n) is 6.21. The van der Waals surface area contributed by atoms with E-state index >= 15 is 0 Å². The van der Waals surface area contributed by atoms with Crippen molar-refractivity contribution in [3.05, 3.63) is 60.2 Å². The Morgan fingerprint density at radius 3 is 2.12 bits per heavy atom. The third-order valence-corrected chi connectivity index (χ3v) is 4.39. The highest BCUT2D eigenvalue weighted by atomic mass is 16.5. The summed E-state index contributed by atoms with van der Waals surface area (Å²) >= 11 is 0. The second kappa shape index (κ2) is 9.10. The van der Waals surface area contributed by atoms with Gasteiger partial charge in [0.15, 0.2) is 0 Å². The van der Waals surface area contributed by atoms with Crippen LogP contribution in [0, 0.1) is 0 Å². The number of nitrogens with zero attached hydrogens (tertiary/aromatic N) is 2. The number of piperazine rings is 1. The molecule has 0 atom stereocenters. The van der Waals surface area contributed by atoms with Crippen LogP contribution in [0.4, 0.5) is 4.79 Å². The van der Waals surface area contributed by atoms with Crippen molar-refractivity contribution < 1.29 is 19.4 Å². The average molecular weight is 356 g/mol. The predicted molar refractivity (Wildman–Crippen MR) is 98.7 cm³/mol. The zero-order valence-electron chi connectivity index (χ0n) is 14.7. The van der Waals surface area contributed by atoms with Crippen molar-refractivity contribution in [1.29, 1.82) is 0 Å². The number of benzene rings is 2. The number of hydrogen-bond acceptors (Lipinski definition) is 4. The smallest absolute Gasteiger partial charge is 0.407 e. The van der Waals surface area contributed by atoms with Gasteiger partial charge in [0.25, 0.3) is 0 Å². The van der Waals surface area contributed by atoms with Crippen LogP contribution in [0.3, 0.4) is 0 Å². The summed E-state index contributed by atoms with van der Waals surface area (Å²) in [6, 6.07) is 17.7. The van der Waals surface area contributed by atoms with Gasteiger partial charge in [0, 0.05) is 32.7 Å². The van der Waals surface area contributed by atoms with Crippen LogP contribution < -0.4 is 9.47 Å². The van der Waals surface area contributed by atoms with Crippen LogP contribution in [0.1, 0.15) is 5.56 Å². The molecule has 0 unspecified atom stereocenters. The fourth-order valence-corrected chi connectivity index (χ4v) is 2.83. The zero-order valence-corrected chi connectivity index (χ0v) is 14.7. The molecule has 0 aliphatic carbocycles. The van der Waals surface area contributed by atoms with E-state index in [-0.39, 0.29) is 0 Å². The van der Waals surface area contributed by atoms with Gasteiger partial charge in [0.05, 0.1) is 0 Å². The van der Waals surface area contributed by atoms with E-state index in [0.717, 1.165) is 36.7 Å². The van der Waals surface area contributed by atoms with Gasteiger partial charge in [-0.3, -0.25) is 4.90 Å². The summed E-state index contributed by atoms with van der Waals surface area (Å²) in [4.78, 5) is 14.6. The standard InChI is InChI=1S/C20H24N2O4/c23-20(24)22-12-10-21(11-13-22)14-15-25-18-6-8-19(9-7-18)26-16-17-4-2-1-3-5-17/h1-9H,10-16H2,(H,23,24). The lowest BCUT2D eigenvalue weighted by molar-refractivity contribution is 0.0985. The third kappa shape index (κ3) is 5.39. The molecular formula is C20H24N2O4. The fraction of sp³-hybridized carbons (Fsp3) is 0.350. The molecule has 6 heteroatoms. The molecule has 0 bridgehead atoms. The number of amides is 1. The molecule has 0 spiro atoms. The number of ether oxygens (including phenoxy) is 2. The van der Waals surface area contributed by atoms with Crippen molar-refractivity contribution in [2.45, 2.75) is 6.61 Å². The maximum Gasteiger partial charge on any atom is 0.407 e. The zero-order chi connectivity index (χ0) is 18.2. The van der Waals surface area contributed by atoms with Crippen molar-refractivity contribution in [2.75, 3.05) is 39.3 Å². The molecule has 0 aromatic heterocycles. The van der Waals surface area contributed by atoms with E-state index in [1.54, 1.807) is 0 Å². The average Bonchev–Trinajstić information content (AvgIpc) is 2.68. The van der Waals surface area contributed by atoms with E-state index in [2.05, 4.69) is 4.90 Å². The highest BCUT2D eigenvalue weighted by molar-refractivity contribution is 5.65. The number of hydrogen-bond donors (Lipinski definition) is 1. The Balaban J connectivity index is 1.36. The summed E-state index contributed by atoms with van der Waals surface area (Å²) in [5.41, 5.74) is 1.14. The van der Waals surface area contributed by atoms with E-state index in [0.29, 0.717) is 26.3 Å². The van der Waals surface area contributed by atoms with E-state index in [1.165, 1.54) is 4.90 Å². The maximum atomic E-state index is 10.9. The van der Waals surface area contributed by atoms with Crippen LogP contribution in [0.2, 0.25) is 0 Å². The minimum Gasteiger partial charge on any atom is -0.492 e. The highest BCUT2D eigenvalue weighted by Crippen LogP contribution is 2.18. The minimum absolute atomic E-state index is 0.545. The highest BCUT2D eigenvalue weighted by Gasteiger charge is 2.19. The summed E-state index contributed by atoms with van der Waals surface area (Å²) in [5.74, 6) is 1.62. The molecule has 3 rings (SSSR count). The maximum absolute atomic E-state index is 10.9. The Morgan fingerprint density at radius 1 is 0.885 bits per heavy atom. The molecule has 0 saturated carbocycles. The van der Waals surface area contributed by atoms with Gasteiger partial charge in [-0.2, -0.15) is 0 Å². The van der Waals surface area contributed by atoms with Crippen LogP contribution in [-0.4, -0.2) is 60.3 Å². The molecule has 2 aromatic carbocycles. The first-order valence-electron chi connectivity index (χ1n) is 8.80. The van der Waals surface area contributed by atoms with E-state index in [4.69, 9.17) is 14.6 Å². The van der Waals surface area contributed by atoms with Crippen molar-refractivity contribution in [1.82, 2.24) is 9.80 Å². The molecule has 26 heavy (non-hydrogen) atoms. The molecule has 0 radical (unpaired) electrons. The molecule has 1 aliphatic heterocycles. The summed E-state index contributed by atoms with van der Waals surface area (Å²) in [7, 11) is 0. The van der Waals surface area contributed by atoms with Crippen molar-refractivity contribution in [3.63, 3.8) is 0 Å². The molecule has 1 saturated heterocycles. The van der Waals surface area contributed by atoms with Crippen LogP contribution in [0.25, 0.3) is 0 Å². The molecule has 1 heterocycles. The third-order valence-electron chi connectivity index (χ3n) is 4.39. The molecule has 6 nitrogen and oxygen atoms in total. The van der Waals surface area contributed by atoms with Gasteiger partial charge in [-0.05, 0) is 29.8 Å². The summed E-state index contributed by atoms with van der Waals surface area (Å²) in [6.45, 7) is 4.54. The van der Waals surface area contributed by atoms with Gasteiger partial charge >= 0.3 is 6.09 Å². The molecule has 1 amide bonds. The Morgan fingerprint density at radius 2 is 1.50 bits per heavy atom. The lowest BCUT2D eigenvalue weighted by Crippen LogP contribution is -2.49. The van der Waals surface area contributed by atoms with Crippen molar-refractivity contribution >= 4 is 6.09 Å². The number of carboxylic acid groups (broad SMARTS) is 1. The predicted octanol–water partition coefficient (Wildman–Crippen LogP) is 2.94. The summed E-state index contributed by atoms with van der Waals surface area (Å²) in [6.07, 6.45) is -0.838. The quantitative estimate of drug-likeness (QED) is 0.826. The van der Waals surface area contributed by atoms with Gasteiger partial charge in [-0.25, -0.2) is 4.79 Å². The molecular weight excluding hydrogens is 332 g/mol. The lowest BCUT2D eigenvalue weighted by Gasteiger charge is -2.32. The van der Waals surface area contributed by atoms with Gasteiger partial charge < -0.3 is 19.5 Å². The number of rotatable bonds is 7. The second-order valence-corrected chi connectivity index (χ2v) is 6.21. The van der Waals surface area contributed by atoms with Crippen molar-refractivity contribution in [2.24, 2.45) is 0 Å². The summed E-state index contributed by atoms with van der Waals surface area (Å²) < 4.78 is 11.5. The lowest BCUT2D eigenvalue weighted by atomic mass is 10.2. The normalized spacial score (nSPS) is 14.8. The van der Waals surface area contributed by atoms with Gasteiger partial charge in [-0.15, -0.1) is 0 Å². The SMILES string of the molecule is O=C(O)N1CCN(CCOc2ccc(OCc3ccccc3)cc2)CC1. The molecule has 138 valence electrons. The molecule has 1 aliphatic rings. The van der Waals surface area contributed by atoms with E-state index in [1.807, 2.05) is 54.6 Å². The largest absolute Gasteiger partial charge is 0.492 e. The minimum atomic E-state index is -0.838. The molecule has 1 fully saturated rings. The van der Waals surface area contributed by atoms with E-state index in [9.17, 15) is 4.79 Å². The fourth-order valence-electron chi connectivity index (χ4n) is 2.83. The summed E-state index contributed by atoms with van der Waals surface area (Å²) in [5, 5.41) is 8.95. The Kier molecular flexibility index (Phi) is 6.33. The first-order chi connectivity index (χ1) is 12.7. The Bertz CT molecular complexity index is 683. The molecule has 1 N–H and O–H groups in total. The first-order valence-corrected chi connectivity index (χ1v) is 8.80. The molecule has 2 aromatic rings. The van der Waals surface area contributed by atoms with Gasteiger partial charge in [0.1, 0.15) is 24.7 Å². The number of carbonyl (C=O) groups is 1. The first kappa shape index (κ1) is 18.1. The van der Waals surface area contributed by atoms with E-state index < -0.39 is 6.09 Å². The van der Waals surface area contributed by atoms with Crippen LogP contribution in [-0.2, 0) is 6.61 Å².